The standard InChI is InChI=1S/C34H60O6S/c1-3-4-5-6-7-8-9-10-11-12-14-17-24-37-28-32-27-33(39-29-32)30-38-25-18-15-13-16-19-26-40-41(35,36)34-22-20-31(2)21-23-34/h20-23,32-33H,3-19,24-30H2,1-2H3/t32-,33-/m0/s1. The first-order valence-corrected chi connectivity index (χ1v) is 18.1. The van der Waals surface area contributed by atoms with E-state index in [1.54, 1.807) is 24.3 Å². The summed E-state index contributed by atoms with van der Waals surface area (Å²) in [5.41, 5.74) is 1.03. The Balaban J connectivity index is 1.31. The topological polar surface area (TPSA) is 71.1 Å². The first-order chi connectivity index (χ1) is 20.0. The molecule has 0 spiro atoms. The lowest BCUT2D eigenvalue weighted by Gasteiger charge is -2.11. The van der Waals surface area contributed by atoms with Crippen LogP contribution >= 0.6 is 0 Å². The zero-order valence-electron chi connectivity index (χ0n) is 26.3. The van der Waals surface area contributed by atoms with Crippen molar-refractivity contribution in [1.82, 2.24) is 0 Å². The molecule has 7 heteroatoms. The van der Waals surface area contributed by atoms with Gasteiger partial charge in [-0.2, -0.15) is 8.42 Å². The maximum absolute atomic E-state index is 12.2. The highest BCUT2D eigenvalue weighted by atomic mass is 32.2. The molecule has 1 fully saturated rings. The molecule has 41 heavy (non-hydrogen) atoms. The number of benzene rings is 1. The van der Waals surface area contributed by atoms with Crippen LogP contribution in [0.25, 0.3) is 0 Å². The van der Waals surface area contributed by atoms with Gasteiger partial charge in [0.05, 0.1) is 37.4 Å². The van der Waals surface area contributed by atoms with Gasteiger partial charge in [0.25, 0.3) is 10.1 Å². The van der Waals surface area contributed by atoms with Crippen LogP contribution in [0.4, 0.5) is 0 Å². The fourth-order valence-electron chi connectivity index (χ4n) is 5.30. The highest BCUT2D eigenvalue weighted by Crippen LogP contribution is 2.21. The van der Waals surface area contributed by atoms with E-state index in [0.29, 0.717) is 12.5 Å². The molecule has 0 amide bonds. The number of hydrogen-bond donors (Lipinski definition) is 0. The van der Waals surface area contributed by atoms with Gasteiger partial charge >= 0.3 is 0 Å². The van der Waals surface area contributed by atoms with E-state index in [2.05, 4.69) is 6.92 Å². The quantitative estimate of drug-likeness (QED) is 0.0747. The summed E-state index contributed by atoms with van der Waals surface area (Å²) in [5.74, 6) is 0.498. The second kappa shape index (κ2) is 23.5. The van der Waals surface area contributed by atoms with Gasteiger partial charge in [-0.25, -0.2) is 0 Å². The van der Waals surface area contributed by atoms with Crippen LogP contribution in [0.5, 0.6) is 0 Å². The first kappa shape index (κ1) is 36.2. The lowest BCUT2D eigenvalue weighted by molar-refractivity contribution is 0.0140. The zero-order chi connectivity index (χ0) is 29.4. The SMILES string of the molecule is CCCCCCCCCCCCCCOC[C@H]1CO[C@H](COCCCCCCCOS(=O)(=O)c2ccc(C)cc2)C1. The molecule has 0 radical (unpaired) electrons. The van der Waals surface area contributed by atoms with Gasteiger partial charge in [-0.1, -0.05) is 115 Å². The van der Waals surface area contributed by atoms with Crippen molar-refractivity contribution in [2.24, 2.45) is 5.92 Å². The molecule has 0 aromatic heterocycles. The van der Waals surface area contributed by atoms with Gasteiger partial charge in [-0.15, -0.1) is 0 Å². The number of unbranched alkanes of at least 4 members (excludes halogenated alkanes) is 15. The Bertz CT molecular complexity index is 841. The molecule has 0 unspecified atom stereocenters. The Labute approximate surface area is 252 Å². The van der Waals surface area contributed by atoms with Crippen molar-refractivity contribution in [3.8, 4) is 0 Å². The molecule has 1 aliphatic rings. The summed E-state index contributed by atoms with van der Waals surface area (Å²) in [4.78, 5) is 0.222. The first-order valence-electron chi connectivity index (χ1n) is 16.7. The molecular formula is C34H60O6S. The highest BCUT2D eigenvalue weighted by Gasteiger charge is 2.25. The maximum atomic E-state index is 12.2. The minimum Gasteiger partial charge on any atom is -0.381 e. The van der Waals surface area contributed by atoms with Crippen LogP contribution in [0.3, 0.4) is 0 Å². The van der Waals surface area contributed by atoms with Crippen LogP contribution in [-0.4, -0.2) is 54.2 Å². The van der Waals surface area contributed by atoms with E-state index in [4.69, 9.17) is 18.4 Å². The third-order valence-corrected chi connectivity index (χ3v) is 9.27. The molecule has 1 aliphatic heterocycles. The normalized spacial score (nSPS) is 17.4. The molecule has 0 aliphatic carbocycles. The van der Waals surface area contributed by atoms with Crippen LogP contribution in [0.15, 0.2) is 29.2 Å². The van der Waals surface area contributed by atoms with Crippen LogP contribution in [-0.2, 0) is 28.5 Å². The van der Waals surface area contributed by atoms with E-state index < -0.39 is 10.1 Å². The Morgan fingerprint density at radius 3 is 1.73 bits per heavy atom. The Kier molecular flexibility index (Phi) is 20.7. The maximum Gasteiger partial charge on any atom is 0.296 e. The minimum atomic E-state index is -3.65. The summed E-state index contributed by atoms with van der Waals surface area (Å²) in [6, 6.07) is 6.75. The van der Waals surface area contributed by atoms with Gasteiger partial charge in [0.15, 0.2) is 0 Å². The molecule has 6 nitrogen and oxygen atoms in total. The summed E-state index contributed by atoms with van der Waals surface area (Å²) in [7, 11) is -3.65. The zero-order valence-corrected chi connectivity index (χ0v) is 27.1. The Hall–Kier alpha value is -0.990. The van der Waals surface area contributed by atoms with Crippen LogP contribution < -0.4 is 0 Å². The second-order valence-corrected chi connectivity index (χ2v) is 13.6. The van der Waals surface area contributed by atoms with Gasteiger partial charge < -0.3 is 14.2 Å². The van der Waals surface area contributed by atoms with Crippen molar-refractivity contribution < 1.29 is 26.8 Å². The summed E-state index contributed by atoms with van der Waals surface area (Å²) in [6.07, 6.45) is 22.5. The number of hydrogen-bond acceptors (Lipinski definition) is 6. The molecule has 0 bridgehead atoms. The molecule has 0 N–H and O–H groups in total. The predicted octanol–water partition coefficient (Wildman–Crippen LogP) is 8.79. The minimum absolute atomic E-state index is 0.197. The Morgan fingerprint density at radius 2 is 1.17 bits per heavy atom. The van der Waals surface area contributed by atoms with E-state index >= 15 is 0 Å². The van der Waals surface area contributed by atoms with Gasteiger partial charge in [-0.3, -0.25) is 4.18 Å². The molecule has 2 rings (SSSR count). The average molecular weight is 597 g/mol. The molecule has 238 valence electrons. The van der Waals surface area contributed by atoms with Gasteiger partial charge in [0.1, 0.15) is 0 Å². The van der Waals surface area contributed by atoms with Gasteiger partial charge in [0.2, 0.25) is 0 Å². The van der Waals surface area contributed by atoms with Crippen molar-refractivity contribution in [3.63, 3.8) is 0 Å². The molecule has 1 aromatic carbocycles. The van der Waals surface area contributed by atoms with Crippen LogP contribution in [0.1, 0.15) is 128 Å². The number of ether oxygens (including phenoxy) is 3. The Morgan fingerprint density at radius 1 is 0.683 bits per heavy atom. The lowest BCUT2D eigenvalue weighted by atomic mass is 10.1. The van der Waals surface area contributed by atoms with E-state index in [1.165, 1.54) is 77.0 Å². The lowest BCUT2D eigenvalue weighted by Crippen LogP contribution is -2.15. The van der Waals surface area contributed by atoms with E-state index in [1.807, 2.05) is 6.92 Å². The summed E-state index contributed by atoms with van der Waals surface area (Å²) in [5, 5.41) is 0. The monoisotopic (exact) mass is 596 g/mol. The predicted molar refractivity (Wildman–Crippen MR) is 168 cm³/mol. The summed E-state index contributed by atoms with van der Waals surface area (Å²) in [6.45, 7) is 8.33. The molecular weight excluding hydrogens is 536 g/mol. The van der Waals surface area contributed by atoms with Crippen LogP contribution in [0, 0.1) is 12.8 Å². The fraction of sp³-hybridized carbons (Fsp3) is 0.824. The van der Waals surface area contributed by atoms with Gasteiger partial charge in [-0.05, 0) is 44.7 Å². The smallest absolute Gasteiger partial charge is 0.296 e. The van der Waals surface area contributed by atoms with Crippen molar-refractivity contribution >= 4 is 10.1 Å². The third-order valence-electron chi connectivity index (χ3n) is 7.94. The van der Waals surface area contributed by atoms with E-state index in [-0.39, 0.29) is 17.6 Å². The molecule has 0 saturated carbocycles. The molecule has 1 aromatic rings. The number of aryl methyl sites for hydroxylation is 1. The van der Waals surface area contributed by atoms with Crippen molar-refractivity contribution in [2.45, 2.75) is 140 Å². The van der Waals surface area contributed by atoms with E-state index in [0.717, 1.165) is 70.5 Å². The molecule has 2 atom stereocenters. The third kappa shape index (κ3) is 18.3. The van der Waals surface area contributed by atoms with Gasteiger partial charge in [0, 0.05) is 19.1 Å². The van der Waals surface area contributed by atoms with Crippen molar-refractivity contribution in [1.29, 1.82) is 0 Å². The summed E-state index contributed by atoms with van der Waals surface area (Å²) < 4.78 is 47.2. The highest BCUT2D eigenvalue weighted by molar-refractivity contribution is 7.86. The second-order valence-electron chi connectivity index (χ2n) is 12.0. The molecule has 1 heterocycles. The fourth-order valence-corrected chi connectivity index (χ4v) is 6.24. The van der Waals surface area contributed by atoms with Crippen LogP contribution in [0.2, 0.25) is 0 Å². The number of rotatable bonds is 27. The summed E-state index contributed by atoms with van der Waals surface area (Å²) >= 11 is 0. The van der Waals surface area contributed by atoms with Crippen molar-refractivity contribution in [3.05, 3.63) is 29.8 Å². The van der Waals surface area contributed by atoms with Crippen molar-refractivity contribution in [2.75, 3.05) is 39.6 Å². The average Bonchev–Trinajstić information content (AvgIpc) is 3.42. The molecule has 1 saturated heterocycles. The van der Waals surface area contributed by atoms with E-state index in [9.17, 15) is 8.42 Å². The largest absolute Gasteiger partial charge is 0.381 e.